The highest BCUT2D eigenvalue weighted by Crippen LogP contribution is 2.31. The van der Waals surface area contributed by atoms with Crippen molar-refractivity contribution in [2.45, 2.75) is 76.0 Å². The Hall–Kier alpha value is -3.36. The Morgan fingerprint density at radius 2 is 1.50 bits per heavy atom. The maximum atomic E-state index is 14.0. The molecule has 0 aromatic heterocycles. The zero-order valence-corrected chi connectivity index (χ0v) is 30.2. The molecule has 6 rings (SSSR count). The molecule has 6 amide bonds. The highest BCUT2D eigenvalue weighted by atomic mass is 79.9. The number of carbonyl (C=O) groups is 4. The van der Waals surface area contributed by atoms with Gasteiger partial charge >= 0.3 is 12.1 Å². The molecule has 48 heavy (non-hydrogen) atoms. The first kappa shape index (κ1) is 34.5. The minimum absolute atomic E-state index is 0.0545. The number of fused-ring (bicyclic) bond motifs is 1. The van der Waals surface area contributed by atoms with Crippen molar-refractivity contribution in [2.75, 3.05) is 50.3 Å². The molecule has 2 aromatic carbocycles. The number of nitrogen functional groups attached to an aromatic ring is 1. The first-order chi connectivity index (χ1) is 23.1. The maximum absolute atomic E-state index is 14.0. The van der Waals surface area contributed by atoms with E-state index in [0.717, 1.165) is 46.0 Å². The molecule has 2 aromatic rings. The van der Waals surface area contributed by atoms with Crippen LogP contribution < -0.4 is 22.1 Å². The van der Waals surface area contributed by atoms with E-state index in [4.69, 9.17) is 11.5 Å². The van der Waals surface area contributed by atoms with Gasteiger partial charge in [0.2, 0.25) is 11.8 Å². The van der Waals surface area contributed by atoms with Gasteiger partial charge in [-0.2, -0.15) is 0 Å². The lowest BCUT2D eigenvalue weighted by Crippen LogP contribution is -2.57. The van der Waals surface area contributed by atoms with E-state index in [1.165, 1.54) is 19.3 Å². The lowest BCUT2D eigenvalue weighted by Gasteiger charge is -2.42. The van der Waals surface area contributed by atoms with Gasteiger partial charge in [-0.15, -0.1) is 0 Å². The van der Waals surface area contributed by atoms with E-state index in [9.17, 15) is 19.2 Å². The minimum Gasteiger partial charge on any atom is -0.397 e. The summed E-state index contributed by atoms with van der Waals surface area (Å²) in [5, 5.41) is 5.97. The third kappa shape index (κ3) is 7.76. The fourth-order valence-electron chi connectivity index (χ4n) is 7.49. The van der Waals surface area contributed by atoms with Crippen LogP contribution >= 0.6 is 31.9 Å². The van der Waals surface area contributed by atoms with E-state index in [-0.39, 0.29) is 24.0 Å². The largest absolute Gasteiger partial charge is 0.397 e. The van der Waals surface area contributed by atoms with E-state index in [1.807, 2.05) is 23.1 Å². The van der Waals surface area contributed by atoms with Crippen molar-refractivity contribution in [3.05, 3.63) is 56.0 Å². The van der Waals surface area contributed by atoms with Gasteiger partial charge in [0.1, 0.15) is 6.04 Å². The van der Waals surface area contributed by atoms with Crippen LogP contribution in [-0.2, 0) is 17.8 Å². The topological polar surface area (TPSA) is 157 Å². The van der Waals surface area contributed by atoms with Gasteiger partial charge in [0, 0.05) is 71.4 Å². The number of primary amides is 1. The number of nitrogens with zero attached hydrogens (tertiary/aromatic N) is 4. The van der Waals surface area contributed by atoms with Gasteiger partial charge in [0.25, 0.3) is 0 Å². The number of halogens is 2. The number of hydrogen-bond acceptors (Lipinski definition) is 6. The Balaban J connectivity index is 1.09. The third-order valence-corrected chi connectivity index (χ3v) is 11.6. The lowest BCUT2D eigenvalue weighted by atomic mass is 9.98. The predicted octanol–water partition coefficient (Wildman–Crippen LogP) is 4.50. The third-order valence-electron chi connectivity index (χ3n) is 10.3. The minimum atomic E-state index is -0.737. The summed E-state index contributed by atoms with van der Waals surface area (Å²) in [6.07, 6.45) is 7.22. The van der Waals surface area contributed by atoms with Gasteiger partial charge < -0.3 is 41.7 Å². The molecule has 6 N–H and O–H groups in total. The number of anilines is 2. The number of rotatable bonds is 7. The number of amides is 6. The molecule has 0 spiro atoms. The van der Waals surface area contributed by atoms with Crippen molar-refractivity contribution >= 4 is 67.1 Å². The Morgan fingerprint density at radius 3 is 2.15 bits per heavy atom. The molecule has 258 valence electrons. The molecule has 0 bridgehead atoms. The first-order valence-corrected chi connectivity index (χ1v) is 18.5. The van der Waals surface area contributed by atoms with Crippen molar-refractivity contribution < 1.29 is 19.2 Å². The van der Waals surface area contributed by atoms with Crippen molar-refractivity contribution in [3.8, 4) is 0 Å². The first-order valence-electron chi connectivity index (χ1n) is 16.9. The van der Waals surface area contributed by atoms with Gasteiger partial charge in [0.05, 0.1) is 5.69 Å². The number of hydrogen-bond donors (Lipinski definition) is 4. The number of likely N-dealkylation sites (tertiary alicyclic amines) is 3. The molecule has 0 radical (unpaired) electrons. The van der Waals surface area contributed by atoms with E-state index >= 15 is 0 Å². The zero-order chi connectivity index (χ0) is 33.9. The predicted molar refractivity (Wildman–Crippen MR) is 191 cm³/mol. The van der Waals surface area contributed by atoms with Crippen molar-refractivity contribution in [1.29, 1.82) is 0 Å². The Labute approximate surface area is 298 Å². The highest BCUT2D eigenvalue weighted by molar-refractivity contribution is 9.11. The molecule has 3 fully saturated rings. The fraction of sp³-hybridized carbons (Fsp3) is 0.529. The summed E-state index contributed by atoms with van der Waals surface area (Å²) in [6, 6.07) is 8.09. The molecule has 12 nitrogen and oxygen atoms in total. The van der Waals surface area contributed by atoms with Crippen LogP contribution in [0.15, 0.2) is 39.3 Å². The second-order valence-corrected chi connectivity index (χ2v) is 15.1. The number of urea groups is 2. The molecule has 3 saturated heterocycles. The molecule has 1 atom stereocenters. The summed E-state index contributed by atoms with van der Waals surface area (Å²) < 4.78 is 1.46. The normalized spacial score (nSPS) is 20.2. The molecule has 0 saturated carbocycles. The van der Waals surface area contributed by atoms with Crippen LogP contribution in [0.4, 0.5) is 21.0 Å². The molecule has 0 unspecified atom stereocenters. The van der Waals surface area contributed by atoms with Crippen LogP contribution in [0.3, 0.4) is 0 Å². The van der Waals surface area contributed by atoms with Crippen LogP contribution in [0, 0.1) is 0 Å². The number of carbonyl (C=O) groups excluding carboxylic acids is 4. The van der Waals surface area contributed by atoms with Gasteiger partial charge in [-0.05, 0) is 119 Å². The standard InChI is InChI=1S/C34H44Br2N8O4/c35-26-16-21(17-27(36)30(26)37)18-29(32(46)42-12-6-24(7-13-42)41-10-2-1-3-11-41)40-33(47)43-14-8-25(9-15-43)44-20-23-5-4-22(31(38)45)19-28(23)39-34(44)48/h4-5,16-17,19,24-25,29H,1-3,6-15,18,20,37H2,(H2,38,45)(H,39,48)(H,40,47)/t29-/m1/s1. The van der Waals surface area contributed by atoms with E-state index in [1.54, 1.807) is 21.9 Å². The smallest absolute Gasteiger partial charge is 0.322 e. The number of nitrogens with two attached hydrogens (primary N) is 2. The number of benzene rings is 2. The zero-order valence-electron chi connectivity index (χ0n) is 27.1. The number of piperidine rings is 3. The van der Waals surface area contributed by atoms with E-state index < -0.39 is 11.9 Å². The average molecular weight is 789 g/mol. The van der Waals surface area contributed by atoms with Crippen molar-refractivity contribution in [3.63, 3.8) is 0 Å². The quantitative estimate of drug-likeness (QED) is 0.303. The van der Waals surface area contributed by atoms with Crippen LogP contribution in [-0.4, -0.2) is 101 Å². The van der Waals surface area contributed by atoms with Gasteiger partial charge in [-0.3, -0.25) is 9.59 Å². The van der Waals surface area contributed by atoms with Crippen LogP contribution in [0.5, 0.6) is 0 Å². The van der Waals surface area contributed by atoms with E-state index in [0.29, 0.717) is 75.0 Å². The molecule has 4 heterocycles. The maximum Gasteiger partial charge on any atom is 0.322 e. The Kier molecular flexibility index (Phi) is 10.8. The average Bonchev–Trinajstić information content (AvgIpc) is 3.10. The van der Waals surface area contributed by atoms with Crippen LogP contribution in [0.1, 0.15) is 66.4 Å². The summed E-state index contributed by atoms with van der Waals surface area (Å²) in [4.78, 5) is 60.4. The second-order valence-electron chi connectivity index (χ2n) is 13.3. The van der Waals surface area contributed by atoms with Gasteiger partial charge in [-0.1, -0.05) is 12.5 Å². The van der Waals surface area contributed by atoms with Crippen LogP contribution in [0.25, 0.3) is 0 Å². The molecule has 14 heteroatoms. The molecule has 4 aliphatic heterocycles. The summed E-state index contributed by atoms with van der Waals surface area (Å²) in [7, 11) is 0. The Morgan fingerprint density at radius 1 is 0.875 bits per heavy atom. The summed E-state index contributed by atoms with van der Waals surface area (Å²) >= 11 is 7.03. The van der Waals surface area contributed by atoms with Gasteiger partial charge in [0.15, 0.2) is 0 Å². The lowest BCUT2D eigenvalue weighted by molar-refractivity contribution is -0.134. The molecule has 4 aliphatic rings. The van der Waals surface area contributed by atoms with Crippen molar-refractivity contribution in [1.82, 2.24) is 24.9 Å². The monoisotopic (exact) mass is 786 g/mol. The van der Waals surface area contributed by atoms with Gasteiger partial charge in [-0.25, -0.2) is 9.59 Å². The fourth-order valence-corrected chi connectivity index (χ4v) is 8.77. The summed E-state index contributed by atoms with van der Waals surface area (Å²) in [5.74, 6) is -0.613. The summed E-state index contributed by atoms with van der Waals surface area (Å²) in [6.45, 7) is 4.96. The Bertz CT molecular complexity index is 1530. The van der Waals surface area contributed by atoms with E-state index in [2.05, 4.69) is 47.4 Å². The molecule has 0 aliphatic carbocycles. The molecular formula is C34H44Br2N8O4. The van der Waals surface area contributed by atoms with Crippen LogP contribution in [0.2, 0.25) is 0 Å². The summed E-state index contributed by atoms with van der Waals surface area (Å²) in [5.41, 5.74) is 14.8. The second kappa shape index (κ2) is 15.0. The van der Waals surface area contributed by atoms with Crippen molar-refractivity contribution in [2.24, 2.45) is 5.73 Å². The highest BCUT2D eigenvalue weighted by Gasteiger charge is 2.36. The number of nitrogens with one attached hydrogen (secondary N) is 2. The molecular weight excluding hydrogens is 744 g/mol. The SMILES string of the molecule is NC(=O)c1ccc2c(c1)NC(=O)N(C1CCN(C(=O)N[C@H](Cc3cc(Br)c(N)c(Br)c3)C(=O)N3CCC(N4CCCCC4)CC3)CC1)C2.